The Hall–Kier alpha value is -1.18. The van der Waals surface area contributed by atoms with Crippen LogP contribution in [-0.4, -0.2) is 12.2 Å². The van der Waals surface area contributed by atoms with Crippen molar-refractivity contribution in [3.05, 3.63) is 23.3 Å². The molecule has 0 spiro atoms. The molecule has 0 bridgehead atoms. The summed E-state index contributed by atoms with van der Waals surface area (Å²) in [4.78, 5) is 0. The Morgan fingerprint density at radius 1 is 0.882 bits per heavy atom. The van der Waals surface area contributed by atoms with E-state index in [1.807, 2.05) is 0 Å². The summed E-state index contributed by atoms with van der Waals surface area (Å²) in [5.74, 6) is 2.63. The molecule has 1 unspecified atom stereocenters. The van der Waals surface area contributed by atoms with E-state index < -0.39 is 0 Å². The number of rotatable bonds is 14. The predicted octanol–water partition coefficient (Wildman–Crippen LogP) is 10.4. The third-order valence-electron chi connectivity index (χ3n) is 7.28. The van der Waals surface area contributed by atoms with Gasteiger partial charge >= 0.3 is 0 Å². The van der Waals surface area contributed by atoms with Crippen LogP contribution in [-0.2, 0) is 5.41 Å². The molecule has 0 saturated carbocycles. The van der Waals surface area contributed by atoms with E-state index in [4.69, 9.17) is 9.47 Å². The number of hydrogen-bond acceptors (Lipinski definition) is 2. The Kier molecular flexibility index (Phi) is 10.8. The molecule has 1 aromatic carbocycles. The van der Waals surface area contributed by atoms with Gasteiger partial charge in [-0.25, -0.2) is 0 Å². The molecule has 0 amide bonds. The molecule has 0 N–H and O–H groups in total. The highest BCUT2D eigenvalue weighted by molar-refractivity contribution is 5.52. The highest BCUT2D eigenvalue weighted by Gasteiger charge is 2.36. The van der Waals surface area contributed by atoms with E-state index >= 15 is 0 Å². The standard InChI is InChI=1S/C32H56O2/c1-10-11-12-13-14-15-16-17-18-19-20-33-29-21-26-25(2)23-32(8,9)34-28(26)22-27(29)31(6,7)24-30(3,4)5/h21-22,25H,10-20,23-24H2,1-9H3. The van der Waals surface area contributed by atoms with Crippen molar-refractivity contribution in [2.75, 3.05) is 6.61 Å². The van der Waals surface area contributed by atoms with Crippen LogP contribution in [0.2, 0.25) is 0 Å². The van der Waals surface area contributed by atoms with E-state index in [1.54, 1.807) is 0 Å². The molecule has 0 radical (unpaired) electrons. The monoisotopic (exact) mass is 472 g/mol. The molecule has 1 heterocycles. The highest BCUT2D eigenvalue weighted by atomic mass is 16.5. The van der Waals surface area contributed by atoms with Crippen molar-refractivity contribution in [3.8, 4) is 11.5 Å². The molecule has 0 saturated heterocycles. The van der Waals surface area contributed by atoms with E-state index in [-0.39, 0.29) is 16.4 Å². The summed E-state index contributed by atoms with van der Waals surface area (Å²) in [6.07, 6.45) is 15.7. The summed E-state index contributed by atoms with van der Waals surface area (Å²) < 4.78 is 13.0. The maximum Gasteiger partial charge on any atom is 0.124 e. The van der Waals surface area contributed by atoms with E-state index in [0.717, 1.165) is 37.4 Å². The van der Waals surface area contributed by atoms with Crippen molar-refractivity contribution in [2.24, 2.45) is 5.41 Å². The fraction of sp³-hybridized carbons (Fsp3) is 0.812. The average molecular weight is 473 g/mol. The number of fused-ring (bicyclic) bond motifs is 1. The lowest BCUT2D eigenvalue weighted by Crippen LogP contribution is -2.34. The van der Waals surface area contributed by atoms with Crippen LogP contribution < -0.4 is 9.47 Å². The molecule has 0 fully saturated rings. The molecule has 1 aromatic rings. The molecule has 0 aromatic heterocycles. The second-order valence-corrected chi connectivity index (χ2v) is 13.5. The zero-order valence-corrected chi connectivity index (χ0v) is 24.2. The van der Waals surface area contributed by atoms with Crippen LogP contribution in [0.4, 0.5) is 0 Å². The van der Waals surface area contributed by atoms with Crippen LogP contribution in [0, 0.1) is 5.41 Å². The first-order valence-corrected chi connectivity index (χ1v) is 14.3. The van der Waals surface area contributed by atoms with Gasteiger partial charge in [0.05, 0.1) is 6.61 Å². The van der Waals surface area contributed by atoms with Crippen molar-refractivity contribution < 1.29 is 9.47 Å². The molecule has 1 aliphatic rings. The quantitative estimate of drug-likeness (QED) is 0.251. The fourth-order valence-corrected chi connectivity index (χ4v) is 6.08. The highest BCUT2D eigenvalue weighted by Crippen LogP contribution is 2.48. The van der Waals surface area contributed by atoms with Crippen molar-refractivity contribution in [1.29, 1.82) is 0 Å². The maximum absolute atomic E-state index is 6.52. The van der Waals surface area contributed by atoms with Gasteiger partial charge in [0.25, 0.3) is 0 Å². The van der Waals surface area contributed by atoms with Gasteiger partial charge in [0.15, 0.2) is 0 Å². The molecular formula is C32H56O2. The van der Waals surface area contributed by atoms with Gasteiger partial charge in [-0.05, 0) is 62.0 Å². The molecule has 2 rings (SSSR count). The smallest absolute Gasteiger partial charge is 0.124 e. The number of benzene rings is 1. The molecule has 34 heavy (non-hydrogen) atoms. The van der Waals surface area contributed by atoms with E-state index in [9.17, 15) is 0 Å². The minimum Gasteiger partial charge on any atom is -0.493 e. The van der Waals surface area contributed by atoms with Crippen LogP contribution in [0.1, 0.15) is 156 Å². The van der Waals surface area contributed by atoms with Gasteiger partial charge in [-0.2, -0.15) is 0 Å². The number of hydrogen-bond donors (Lipinski definition) is 0. The maximum atomic E-state index is 6.52. The zero-order chi connectivity index (χ0) is 25.4. The number of unbranched alkanes of at least 4 members (excludes halogenated alkanes) is 9. The first-order chi connectivity index (χ1) is 15.8. The van der Waals surface area contributed by atoms with Crippen molar-refractivity contribution in [3.63, 3.8) is 0 Å². The van der Waals surface area contributed by atoms with Gasteiger partial charge < -0.3 is 9.47 Å². The third kappa shape index (κ3) is 9.46. The largest absolute Gasteiger partial charge is 0.493 e. The Bertz CT molecular complexity index is 738. The lowest BCUT2D eigenvalue weighted by molar-refractivity contribution is 0.0739. The fourth-order valence-electron chi connectivity index (χ4n) is 6.08. The summed E-state index contributed by atoms with van der Waals surface area (Å²) in [6, 6.07) is 4.62. The van der Waals surface area contributed by atoms with E-state index in [2.05, 4.69) is 74.4 Å². The topological polar surface area (TPSA) is 18.5 Å². The van der Waals surface area contributed by atoms with Crippen molar-refractivity contribution in [2.45, 2.75) is 156 Å². The minimum atomic E-state index is -0.115. The van der Waals surface area contributed by atoms with Crippen molar-refractivity contribution in [1.82, 2.24) is 0 Å². The summed E-state index contributed by atoms with van der Waals surface area (Å²) in [6.45, 7) is 21.6. The first kappa shape index (κ1) is 29.1. The predicted molar refractivity (Wildman–Crippen MR) is 149 cm³/mol. The molecule has 1 atom stereocenters. The Morgan fingerprint density at radius 2 is 1.44 bits per heavy atom. The molecule has 196 valence electrons. The number of ether oxygens (including phenoxy) is 2. The Balaban J connectivity index is 2.01. The molecular weight excluding hydrogens is 416 g/mol. The lowest BCUT2D eigenvalue weighted by atomic mass is 9.71. The van der Waals surface area contributed by atoms with Gasteiger partial charge in [0, 0.05) is 11.1 Å². The average Bonchev–Trinajstić information content (AvgIpc) is 2.69. The Labute approximate surface area is 212 Å². The van der Waals surface area contributed by atoms with E-state index in [0.29, 0.717) is 5.92 Å². The van der Waals surface area contributed by atoms with Crippen molar-refractivity contribution >= 4 is 0 Å². The summed E-state index contributed by atoms with van der Waals surface area (Å²) in [5, 5.41) is 0. The van der Waals surface area contributed by atoms with Crippen LogP contribution in [0.15, 0.2) is 12.1 Å². The van der Waals surface area contributed by atoms with E-state index in [1.165, 1.54) is 68.9 Å². The van der Waals surface area contributed by atoms with Crippen LogP contribution in [0.5, 0.6) is 11.5 Å². The summed E-state index contributed by atoms with van der Waals surface area (Å²) in [5.41, 5.74) is 2.77. The minimum absolute atomic E-state index is 0.0224. The van der Waals surface area contributed by atoms with Gasteiger partial charge in [0.1, 0.15) is 17.1 Å². The summed E-state index contributed by atoms with van der Waals surface area (Å²) in [7, 11) is 0. The molecule has 0 aliphatic carbocycles. The van der Waals surface area contributed by atoms with Gasteiger partial charge in [0.2, 0.25) is 0 Å². The molecule has 1 aliphatic heterocycles. The first-order valence-electron chi connectivity index (χ1n) is 14.3. The van der Waals surface area contributed by atoms with Crippen LogP contribution in [0.25, 0.3) is 0 Å². The normalized spacial score (nSPS) is 17.9. The zero-order valence-electron chi connectivity index (χ0n) is 24.2. The molecule has 2 nitrogen and oxygen atoms in total. The second-order valence-electron chi connectivity index (χ2n) is 13.5. The molecule has 2 heteroatoms. The SMILES string of the molecule is CCCCCCCCCCCCOc1cc2c(cc1C(C)(C)CC(C)(C)C)OC(C)(C)CC2C. The van der Waals surface area contributed by atoms with Gasteiger partial charge in [-0.3, -0.25) is 0 Å². The van der Waals surface area contributed by atoms with Gasteiger partial charge in [-0.15, -0.1) is 0 Å². The third-order valence-corrected chi connectivity index (χ3v) is 7.28. The van der Waals surface area contributed by atoms with Crippen LogP contribution >= 0.6 is 0 Å². The second kappa shape index (κ2) is 12.7. The lowest BCUT2D eigenvalue weighted by Gasteiger charge is -2.39. The summed E-state index contributed by atoms with van der Waals surface area (Å²) >= 11 is 0. The van der Waals surface area contributed by atoms with Crippen LogP contribution in [0.3, 0.4) is 0 Å². The Morgan fingerprint density at radius 3 is 2.00 bits per heavy atom. The van der Waals surface area contributed by atoms with Gasteiger partial charge in [-0.1, -0.05) is 106 Å².